The summed E-state index contributed by atoms with van der Waals surface area (Å²) in [6.45, 7) is 2.32. The van der Waals surface area contributed by atoms with Crippen molar-refractivity contribution in [3.63, 3.8) is 0 Å². The Labute approximate surface area is 164 Å². The molecule has 148 valence electrons. The lowest BCUT2D eigenvalue weighted by Crippen LogP contribution is -2.51. The number of likely N-dealkylation sites (N-methyl/N-ethyl adjacent to an activating group) is 1. The first-order chi connectivity index (χ1) is 13.7. The molecule has 0 amide bonds. The Hall–Kier alpha value is -2.68. The van der Waals surface area contributed by atoms with Crippen LogP contribution < -0.4 is 15.4 Å². The van der Waals surface area contributed by atoms with Gasteiger partial charge in [-0.05, 0) is 37.2 Å². The average molecular weight is 382 g/mol. The van der Waals surface area contributed by atoms with Gasteiger partial charge in [0.2, 0.25) is 0 Å². The Morgan fingerprint density at radius 1 is 1.32 bits per heavy atom. The second kappa shape index (κ2) is 8.14. The third-order valence-corrected chi connectivity index (χ3v) is 5.30. The van der Waals surface area contributed by atoms with Crippen LogP contribution in [-0.4, -0.2) is 64.0 Å². The molecule has 1 fully saturated rings. The molecule has 0 bridgehead atoms. The van der Waals surface area contributed by atoms with Gasteiger partial charge >= 0.3 is 0 Å². The van der Waals surface area contributed by atoms with E-state index in [9.17, 15) is 5.11 Å². The average Bonchev–Trinajstić information content (AvgIpc) is 3.12. The molecular formula is C20H26N6O2. The van der Waals surface area contributed by atoms with Gasteiger partial charge in [0.15, 0.2) is 5.82 Å². The molecule has 1 saturated heterocycles. The quantitative estimate of drug-likeness (QED) is 0.597. The van der Waals surface area contributed by atoms with E-state index in [1.165, 1.54) is 0 Å². The van der Waals surface area contributed by atoms with Crippen LogP contribution in [0, 0.1) is 0 Å². The van der Waals surface area contributed by atoms with Gasteiger partial charge < -0.3 is 20.5 Å². The molecule has 3 N–H and O–H groups in total. The van der Waals surface area contributed by atoms with Crippen LogP contribution in [0.3, 0.4) is 0 Å². The number of benzene rings is 1. The number of nitrogens with one attached hydrogen (secondary N) is 2. The standard InChI is InChI=1S/C20H26N6O2/c1-21-17-7-8-25(12-18(17)27)11-14-6-9-26-19(14)20(22-13-23-26)24-15-4-3-5-16(10-15)28-2/h3-6,9-10,13,17-18,21,27H,7-8,11-12H2,1-2H3,(H,22,23,24)/t17-,18-/m1/s1. The van der Waals surface area contributed by atoms with Crippen molar-refractivity contribution in [3.8, 4) is 5.75 Å². The number of ether oxygens (including phenoxy) is 1. The summed E-state index contributed by atoms with van der Waals surface area (Å²) >= 11 is 0. The number of nitrogens with zero attached hydrogens (tertiary/aromatic N) is 4. The SMILES string of the molecule is CN[C@@H]1CCN(Cc2ccn3ncnc(Nc4cccc(OC)c4)c23)C[C@H]1O. The summed E-state index contributed by atoms with van der Waals surface area (Å²) in [6.07, 6.45) is 4.05. The van der Waals surface area contributed by atoms with E-state index in [1.807, 2.05) is 42.0 Å². The van der Waals surface area contributed by atoms with Crippen molar-refractivity contribution >= 4 is 17.0 Å². The Balaban J connectivity index is 1.58. The number of aliphatic hydroxyl groups excluding tert-OH is 1. The van der Waals surface area contributed by atoms with Gasteiger partial charge in [0, 0.05) is 43.6 Å². The highest BCUT2D eigenvalue weighted by molar-refractivity contribution is 5.76. The number of anilines is 2. The van der Waals surface area contributed by atoms with Crippen LogP contribution in [0.15, 0.2) is 42.9 Å². The van der Waals surface area contributed by atoms with Crippen LogP contribution >= 0.6 is 0 Å². The molecule has 4 rings (SSSR count). The molecule has 1 aliphatic heterocycles. The Bertz CT molecular complexity index is 943. The lowest BCUT2D eigenvalue weighted by Gasteiger charge is -2.35. The maximum Gasteiger partial charge on any atom is 0.158 e. The molecule has 0 radical (unpaired) electrons. The van der Waals surface area contributed by atoms with Crippen molar-refractivity contribution in [1.82, 2.24) is 24.8 Å². The van der Waals surface area contributed by atoms with Gasteiger partial charge in [-0.3, -0.25) is 4.90 Å². The molecule has 3 heterocycles. The summed E-state index contributed by atoms with van der Waals surface area (Å²) in [5.41, 5.74) is 2.97. The van der Waals surface area contributed by atoms with Crippen LogP contribution in [0.2, 0.25) is 0 Å². The molecule has 0 saturated carbocycles. The second-order valence-corrected chi connectivity index (χ2v) is 7.09. The molecule has 2 atom stereocenters. The monoisotopic (exact) mass is 382 g/mol. The number of hydrogen-bond acceptors (Lipinski definition) is 7. The molecule has 1 aromatic carbocycles. The fourth-order valence-corrected chi connectivity index (χ4v) is 3.79. The van der Waals surface area contributed by atoms with Gasteiger partial charge in [0.05, 0.1) is 13.2 Å². The fourth-order valence-electron chi connectivity index (χ4n) is 3.79. The van der Waals surface area contributed by atoms with E-state index in [4.69, 9.17) is 4.74 Å². The number of β-amino-alcohol motifs (C(OH)–C–C–N with tert-alkyl or cyclic N) is 1. The van der Waals surface area contributed by atoms with Gasteiger partial charge in [-0.1, -0.05) is 6.07 Å². The molecular weight excluding hydrogens is 356 g/mol. The molecule has 8 nitrogen and oxygen atoms in total. The molecule has 8 heteroatoms. The van der Waals surface area contributed by atoms with Gasteiger partial charge in [-0.25, -0.2) is 9.50 Å². The molecule has 0 aliphatic carbocycles. The van der Waals surface area contributed by atoms with E-state index in [2.05, 4.69) is 31.7 Å². The summed E-state index contributed by atoms with van der Waals surface area (Å²) in [5, 5.41) is 21.2. The Morgan fingerprint density at radius 3 is 3.00 bits per heavy atom. The second-order valence-electron chi connectivity index (χ2n) is 7.09. The maximum absolute atomic E-state index is 10.3. The number of hydrogen-bond donors (Lipinski definition) is 3. The minimum atomic E-state index is -0.363. The van der Waals surface area contributed by atoms with Crippen molar-refractivity contribution in [2.24, 2.45) is 0 Å². The van der Waals surface area contributed by atoms with Gasteiger partial charge in [0.1, 0.15) is 17.6 Å². The first-order valence-corrected chi connectivity index (χ1v) is 9.48. The van der Waals surface area contributed by atoms with Crippen molar-refractivity contribution in [1.29, 1.82) is 0 Å². The zero-order valence-corrected chi connectivity index (χ0v) is 16.2. The predicted octanol–water partition coefficient (Wildman–Crippen LogP) is 1.64. The minimum Gasteiger partial charge on any atom is -0.497 e. The van der Waals surface area contributed by atoms with Crippen molar-refractivity contribution in [2.75, 3.05) is 32.6 Å². The maximum atomic E-state index is 10.3. The number of rotatable bonds is 6. The van der Waals surface area contributed by atoms with Crippen LogP contribution in [0.5, 0.6) is 5.75 Å². The predicted molar refractivity (Wildman–Crippen MR) is 108 cm³/mol. The molecule has 3 aromatic rings. The van der Waals surface area contributed by atoms with Crippen LogP contribution in [0.4, 0.5) is 11.5 Å². The minimum absolute atomic E-state index is 0.163. The van der Waals surface area contributed by atoms with E-state index < -0.39 is 0 Å². The number of piperidine rings is 1. The number of aromatic nitrogens is 3. The van der Waals surface area contributed by atoms with Crippen LogP contribution in [-0.2, 0) is 6.54 Å². The largest absolute Gasteiger partial charge is 0.497 e. The topological polar surface area (TPSA) is 87.0 Å². The molecule has 28 heavy (non-hydrogen) atoms. The molecule has 0 unspecified atom stereocenters. The van der Waals surface area contributed by atoms with Crippen molar-refractivity contribution in [3.05, 3.63) is 48.4 Å². The summed E-state index contributed by atoms with van der Waals surface area (Å²) in [7, 11) is 3.55. The summed E-state index contributed by atoms with van der Waals surface area (Å²) in [6, 6.07) is 9.98. The van der Waals surface area contributed by atoms with Crippen LogP contribution in [0.25, 0.3) is 5.52 Å². The highest BCUT2D eigenvalue weighted by Gasteiger charge is 2.27. The van der Waals surface area contributed by atoms with Gasteiger partial charge in [-0.15, -0.1) is 0 Å². The lowest BCUT2D eigenvalue weighted by atomic mass is 10.0. The smallest absolute Gasteiger partial charge is 0.158 e. The number of likely N-dealkylation sites (tertiary alicyclic amines) is 1. The van der Waals surface area contributed by atoms with Gasteiger partial charge in [0.25, 0.3) is 0 Å². The summed E-state index contributed by atoms with van der Waals surface area (Å²) < 4.78 is 7.14. The number of aliphatic hydroxyl groups is 1. The zero-order chi connectivity index (χ0) is 19.5. The number of fused-ring (bicyclic) bond motifs is 1. The van der Waals surface area contributed by atoms with Crippen LogP contribution in [0.1, 0.15) is 12.0 Å². The number of methoxy groups -OCH3 is 1. The Kier molecular flexibility index (Phi) is 5.43. The van der Waals surface area contributed by atoms with E-state index >= 15 is 0 Å². The van der Waals surface area contributed by atoms with Crippen molar-refractivity contribution < 1.29 is 9.84 Å². The first-order valence-electron chi connectivity index (χ1n) is 9.48. The lowest BCUT2D eigenvalue weighted by molar-refractivity contribution is 0.0399. The third kappa shape index (κ3) is 3.80. The molecule has 2 aromatic heterocycles. The summed E-state index contributed by atoms with van der Waals surface area (Å²) in [5.74, 6) is 1.53. The molecule has 1 aliphatic rings. The van der Waals surface area contributed by atoms with E-state index in [1.54, 1.807) is 13.4 Å². The van der Waals surface area contributed by atoms with Crippen molar-refractivity contribution in [2.45, 2.75) is 25.1 Å². The highest BCUT2D eigenvalue weighted by Crippen LogP contribution is 2.26. The normalized spacial score (nSPS) is 20.4. The Morgan fingerprint density at radius 2 is 2.21 bits per heavy atom. The van der Waals surface area contributed by atoms with Gasteiger partial charge in [-0.2, -0.15) is 5.10 Å². The highest BCUT2D eigenvalue weighted by atomic mass is 16.5. The summed E-state index contributed by atoms with van der Waals surface area (Å²) in [4.78, 5) is 6.74. The fraction of sp³-hybridized carbons (Fsp3) is 0.400. The van der Waals surface area contributed by atoms with E-state index in [0.29, 0.717) is 6.54 Å². The third-order valence-electron chi connectivity index (χ3n) is 5.30. The van der Waals surface area contributed by atoms with E-state index in [-0.39, 0.29) is 12.1 Å². The zero-order valence-electron chi connectivity index (χ0n) is 16.2. The first kappa shape index (κ1) is 18.7. The van der Waals surface area contributed by atoms with E-state index in [0.717, 1.165) is 47.8 Å². The molecule has 0 spiro atoms.